The number of alkyl halides is 3. The largest absolute Gasteiger partial charge is 0.433 e. The maximum atomic E-state index is 12.8. The van der Waals surface area contributed by atoms with E-state index in [1.165, 1.54) is 6.07 Å². The Hall–Kier alpha value is -1.38. The maximum Gasteiger partial charge on any atom is 0.433 e. The predicted molar refractivity (Wildman–Crippen MR) is 90.0 cm³/mol. The molecule has 1 amide bonds. The number of carbonyl (C=O) groups is 1. The average Bonchev–Trinajstić information content (AvgIpc) is 2.83. The minimum atomic E-state index is -4.48. The highest BCUT2D eigenvalue weighted by Crippen LogP contribution is 2.34. The quantitative estimate of drug-likeness (QED) is 0.825. The van der Waals surface area contributed by atoms with E-state index in [4.69, 9.17) is 0 Å². The van der Waals surface area contributed by atoms with Crippen LogP contribution in [-0.2, 0) is 6.18 Å². The smallest absolute Gasteiger partial charge is 0.333 e. The van der Waals surface area contributed by atoms with Crippen molar-refractivity contribution in [3.63, 3.8) is 0 Å². The summed E-state index contributed by atoms with van der Waals surface area (Å²) in [6.07, 6.45) is -4.48. The van der Waals surface area contributed by atoms with Crippen LogP contribution in [-0.4, -0.2) is 41.5 Å². The molecule has 1 N–H and O–H groups in total. The molecule has 0 spiro atoms. The molecule has 0 bridgehead atoms. The molecule has 1 aliphatic rings. The highest BCUT2D eigenvalue weighted by atomic mass is 35.5. The van der Waals surface area contributed by atoms with Crippen molar-refractivity contribution in [3.8, 4) is 0 Å². The van der Waals surface area contributed by atoms with Gasteiger partial charge in [0.05, 0.1) is 4.88 Å². The van der Waals surface area contributed by atoms with Gasteiger partial charge in [0.1, 0.15) is 10.5 Å². The lowest BCUT2D eigenvalue weighted by Gasteiger charge is -2.33. The van der Waals surface area contributed by atoms with Gasteiger partial charge in [0.2, 0.25) is 0 Å². The van der Waals surface area contributed by atoms with Crippen molar-refractivity contribution < 1.29 is 18.0 Å². The van der Waals surface area contributed by atoms with E-state index in [1.54, 1.807) is 11.8 Å². The summed E-state index contributed by atoms with van der Waals surface area (Å²) in [5.74, 6) is -0.131. The summed E-state index contributed by atoms with van der Waals surface area (Å²) in [6.45, 7) is 5.73. The molecule has 9 heteroatoms. The summed E-state index contributed by atoms with van der Waals surface area (Å²) in [7, 11) is 0. The van der Waals surface area contributed by atoms with Crippen molar-refractivity contribution in [2.24, 2.45) is 0 Å². The first kappa shape index (κ1) is 19.0. The Labute approximate surface area is 147 Å². The van der Waals surface area contributed by atoms with Crippen LogP contribution in [0.2, 0.25) is 0 Å². The first-order valence-electron chi connectivity index (χ1n) is 7.28. The second-order valence-electron chi connectivity index (χ2n) is 5.65. The number of rotatable bonds is 1. The molecule has 3 rings (SSSR count). The van der Waals surface area contributed by atoms with Gasteiger partial charge in [-0.3, -0.25) is 4.79 Å². The Morgan fingerprint density at radius 3 is 2.75 bits per heavy atom. The minimum absolute atomic E-state index is 0. The molecule has 1 saturated heterocycles. The first-order valence-corrected chi connectivity index (χ1v) is 8.09. The third kappa shape index (κ3) is 3.36. The first-order chi connectivity index (χ1) is 10.8. The lowest BCUT2D eigenvalue weighted by Crippen LogP contribution is -2.52. The summed E-state index contributed by atoms with van der Waals surface area (Å²) < 4.78 is 38.4. The third-order valence-electron chi connectivity index (χ3n) is 4.05. The van der Waals surface area contributed by atoms with Gasteiger partial charge in [-0.05, 0) is 31.5 Å². The lowest BCUT2D eigenvalue weighted by atomic mass is 10.1. The van der Waals surface area contributed by atoms with Crippen LogP contribution in [0, 0.1) is 6.92 Å². The Morgan fingerprint density at radius 2 is 2.12 bits per heavy atom. The monoisotopic (exact) mass is 379 g/mol. The highest BCUT2D eigenvalue weighted by Gasteiger charge is 2.33. The number of halogens is 4. The van der Waals surface area contributed by atoms with E-state index in [0.29, 0.717) is 28.9 Å². The molecule has 3 heterocycles. The van der Waals surface area contributed by atoms with E-state index in [-0.39, 0.29) is 29.2 Å². The summed E-state index contributed by atoms with van der Waals surface area (Å²) in [5.41, 5.74) is -0.234. The van der Waals surface area contributed by atoms with E-state index in [9.17, 15) is 18.0 Å². The maximum absolute atomic E-state index is 12.8. The molecular formula is C15H17ClF3N3OS. The number of carbonyl (C=O) groups excluding carboxylic acids is 1. The number of pyridine rings is 1. The highest BCUT2D eigenvalue weighted by molar-refractivity contribution is 7.20. The zero-order valence-electron chi connectivity index (χ0n) is 13.1. The molecule has 24 heavy (non-hydrogen) atoms. The molecule has 0 unspecified atom stereocenters. The van der Waals surface area contributed by atoms with Gasteiger partial charge in [-0.25, -0.2) is 4.98 Å². The number of amides is 1. The Morgan fingerprint density at radius 1 is 1.42 bits per heavy atom. The number of aryl methyl sites for hydroxylation is 1. The van der Waals surface area contributed by atoms with Crippen molar-refractivity contribution in [3.05, 3.63) is 28.3 Å². The number of nitrogens with zero attached hydrogens (tertiary/aromatic N) is 2. The van der Waals surface area contributed by atoms with Crippen LogP contribution < -0.4 is 5.32 Å². The SMILES string of the molecule is Cc1c(C(=O)N2CCNC[C@@H]2C)sc2nc(C(F)(F)F)ccc12.Cl. The number of thiophene rings is 1. The molecule has 1 fully saturated rings. The Bertz CT molecular complexity index is 762. The van der Waals surface area contributed by atoms with Crippen molar-refractivity contribution in [2.45, 2.75) is 26.1 Å². The normalized spacial score (nSPS) is 18.5. The Kier molecular flexibility index (Phi) is 5.41. The summed E-state index contributed by atoms with van der Waals surface area (Å²) in [5, 5.41) is 3.81. The molecular weight excluding hydrogens is 363 g/mol. The zero-order chi connectivity index (χ0) is 16.8. The van der Waals surface area contributed by atoms with Gasteiger partial charge < -0.3 is 10.2 Å². The van der Waals surface area contributed by atoms with Gasteiger partial charge in [0, 0.05) is 31.1 Å². The molecule has 1 aliphatic heterocycles. The topological polar surface area (TPSA) is 45.2 Å². The van der Waals surface area contributed by atoms with E-state index in [1.807, 2.05) is 6.92 Å². The molecule has 132 valence electrons. The molecule has 4 nitrogen and oxygen atoms in total. The van der Waals surface area contributed by atoms with Crippen LogP contribution in [0.4, 0.5) is 13.2 Å². The van der Waals surface area contributed by atoms with Crippen molar-refractivity contribution in [1.29, 1.82) is 0 Å². The van der Waals surface area contributed by atoms with Crippen molar-refractivity contribution in [1.82, 2.24) is 15.2 Å². The third-order valence-corrected chi connectivity index (χ3v) is 5.24. The fourth-order valence-corrected chi connectivity index (χ4v) is 3.87. The zero-order valence-corrected chi connectivity index (χ0v) is 14.7. The molecule has 0 aromatic carbocycles. The molecule has 0 radical (unpaired) electrons. The number of nitrogens with one attached hydrogen (secondary N) is 1. The molecule has 2 aromatic heterocycles. The van der Waals surface area contributed by atoms with Gasteiger partial charge >= 0.3 is 6.18 Å². The predicted octanol–water partition coefficient (Wildman–Crippen LogP) is 3.48. The van der Waals surface area contributed by atoms with Gasteiger partial charge in [-0.15, -0.1) is 23.7 Å². The lowest BCUT2D eigenvalue weighted by molar-refractivity contribution is -0.140. The van der Waals surface area contributed by atoms with Gasteiger partial charge in [-0.1, -0.05) is 0 Å². The van der Waals surface area contributed by atoms with Crippen LogP contribution in [0.15, 0.2) is 12.1 Å². The second kappa shape index (κ2) is 6.85. The molecule has 1 atom stereocenters. The summed E-state index contributed by atoms with van der Waals surface area (Å²) in [4.78, 5) is 18.9. The van der Waals surface area contributed by atoms with Crippen LogP contribution >= 0.6 is 23.7 Å². The van der Waals surface area contributed by atoms with Gasteiger partial charge in [0.25, 0.3) is 5.91 Å². The molecule has 0 aliphatic carbocycles. The average molecular weight is 380 g/mol. The Balaban J connectivity index is 0.00000208. The number of piperazine rings is 1. The van der Waals surface area contributed by atoms with Gasteiger partial charge in [-0.2, -0.15) is 13.2 Å². The van der Waals surface area contributed by atoms with Crippen LogP contribution in [0.3, 0.4) is 0 Å². The summed E-state index contributed by atoms with van der Waals surface area (Å²) >= 11 is 1.04. The fourth-order valence-electron chi connectivity index (χ4n) is 2.73. The van der Waals surface area contributed by atoms with E-state index in [2.05, 4.69) is 10.3 Å². The molecule has 2 aromatic rings. The van der Waals surface area contributed by atoms with Crippen LogP contribution in [0.5, 0.6) is 0 Å². The minimum Gasteiger partial charge on any atom is -0.333 e. The second-order valence-corrected chi connectivity index (χ2v) is 6.65. The van der Waals surface area contributed by atoms with Crippen molar-refractivity contribution in [2.75, 3.05) is 19.6 Å². The number of aromatic nitrogens is 1. The van der Waals surface area contributed by atoms with Crippen molar-refractivity contribution >= 4 is 39.9 Å². The van der Waals surface area contributed by atoms with Crippen LogP contribution in [0.1, 0.15) is 27.9 Å². The van der Waals surface area contributed by atoms with E-state index in [0.717, 1.165) is 23.9 Å². The number of fused-ring (bicyclic) bond motifs is 1. The van der Waals surface area contributed by atoms with E-state index < -0.39 is 11.9 Å². The standard InChI is InChI=1S/C15H16F3N3OS.ClH/c1-8-7-19-5-6-21(8)14(22)12-9(2)10-3-4-11(15(16,17)18)20-13(10)23-12;/h3-4,8,19H,5-7H2,1-2H3;1H/t8-;/m0./s1. The van der Waals surface area contributed by atoms with Gasteiger partial charge in [0.15, 0.2) is 0 Å². The number of hydrogen-bond donors (Lipinski definition) is 1. The van der Waals surface area contributed by atoms with Crippen LogP contribution in [0.25, 0.3) is 10.2 Å². The fraction of sp³-hybridized carbons (Fsp3) is 0.467. The molecule has 0 saturated carbocycles. The number of hydrogen-bond acceptors (Lipinski definition) is 4. The van der Waals surface area contributed by atoms with E-state index >= 15 is 0 Å². The summed E-state index contributed by atoms with van der Waals surface area (Å²) in [6, 6.07) is 2.41.